The molecule has 0 fully saturated rings. The number of nitro benzene ring substituents is 1. The standard InChI is InChI=1S/C16H12N4O2S/c21-20(22)14-8-6-12(7-9-14)11-23-16-17-10-15(18-19-16)13-4-2-1-3-5-13/h1-10H,11H2. The molecule has 0 spiro atoms. The molecule has 0 atom stereocenters. The molecule has 0 amide bonds. The molecule has 1 heterocycles. The molecule has 114 valence electrons. The van der Waals surface area contributed by atoms with Gasteiger partial charge in [0.2, 0.25) is 5.16 Å². The Balaban J connectivity index is 1.63. The fourth-order valence-electron chi connectivity index (χ4n) is 1.93. The highest BCUT2D eigenvalue weighted by molar-refractivity contribution is 7.98. The Kier molecular flexibility index (Phi) is 4.58. The molecule has 3 rings (SSSR count). The van der Waals surface area contributed by atoms with Crippen LogP contribution >= 0.6 is 11.8 Å². The fraction of sp³-hybridized carbons (Fsp3) is 0.0625. The highest BCUT2D eigenvalue weighted by Crippen LogP contribution is 2.21. The van der Waals surface area contributed by atoms with Gasteiger partial charge in [0.25, 0.3) is 5.69 Å². The highest BCUT2D eigenvalue weighted by atomic mass is 32.2. The van der Waals surface area contributed by atoms with Gasteiger partial charge in [-0.1, -0.05) is 54.2 Å². The van der Waals surface area contributed by atoms with Crippen LogP contribution in [0.1, 0.15) is 5.56 Å². The van der Waals surface area contributed by atoms with Crippen LogP contribution < -0.4 is 0 Å². The van der Waals surface area contributed by atoms with Crippen LogP contribution in [0, 0.1) is 10.1 Å². The molecule has 23 heavy (non-hydrogen) atoms. The van der Waals surface area contributed by atoms with Gasteiger partial charge in [0, 0.05) is 23.4 Å². The summed E-state index contributed by atoms with van der Waals surface area (Å²) in [6.07, 6.45) is 1.69. The summed E-state index contributed by atoms with van der Waals surface area (Å²) in [6, 6.07) is 16.2. The second-order valence-electron chi connectivity index (χ2n) is 4.70. The van der Waals surface area contributed by atoms with E-state index < -0.39 is 4.92 Å². The molecule has 0 unspecified atom stereocenters. The van der Waals surface area contributed by atoms with E-state index in [2.05, 4.69) is 15.2 Å². The number of nitro groups is 1. The zero-order chi connectivity index (χ0) is 16.1. The number of benzene rings is 2. The van der Waals surface area contributed by atoms with Crippen molar-refractivity contribution in [3.63, 3.8) is 0 Å². The van der Waals surface area contributed by atoms with Gasteiger partial charge < -0.3 is 0 Å². The summed E-state index contributed by atoms with van der Waals surface area (Å²) in [6.45, 7) is 0. The van der Waals surface area contributed by atoms with Crippen LogP contribution in [-0.2, 0) is 5.75 Å². The predicted octanol–water partition coefficient (Wildman–Crippen LogP) is 3.74. The Labute approximate surface area is 136 Å². The van der Waals surface area contributed by atoms with E-state index in [1.54, 1.807) is 18.3 Å². The molecule has 1 aromatic heterocycles. The Bertz CT molecular complexity index is 793. The quantitative estimate of drug-likeness (QED) is 0.404. The third-order valence-electron chi connectivity index (χ3n) is 3.13. The van der Waals surface area contributed by atoms with E-state index in [-0.39, 0.29) is 5.69 Å². The maximum absolute atomic E-state index is 10.6. The third kappa shape index (κ3) is 3.89. The predicted molar refractivity (Wildman–Crippen MR) is 87.9 cm³/mol. The van der Waals surface area contributed by atoms with Gasteiger partial charge in [-0.3, -0.25) is 10.1 Å². The minimum absolute atomic E-state index is 0.0869. The second-order valence-corrected chi connectivity index (χ2v) is 5.65. The smallest absolute Gasteiger partial charge is 0.258 e. The van der Waals surface area contributed by atoms with E-state index in [1.165, 1.54) is 23.9 Å². The topological polar surface area (TPSA) is 81.8 Å². The molecule has 2 aromatic carbocycles. The Morgan fingerprint density at radius 2 is 1.74 bits per heavy atom. The van der Waals surface area contributed by atoms with Gasteiger partial charge in [0.15, 0.2) is 0 Å². The molecule has 7 heteroatoms. The Morgan fingerprint density at radius 1 is 1.00 bits per heavy atom. The average Bonchev–Trinajstić information content (AvgIpc) is 2.61. The first-order valence-corrected chi connectivity index (χ1v) is 7.82. The van der Waals surface area contributed by atoms with E-state index in [9.17, 15) is 10.1 Å². The molecule has 6 nitrogen and oxygen atoms in total. The summed E-state index contributed by atoms with van der Waals surface area (Å²) in [4.78, 5) is 14.5. The van der Waals surface area contributed by atoms with Crippen molar-refractivity contribution in [3.8, 4) is 11.3 Å². The maximum Gasteiger partial charge on any atom is 0.269 e. The zero-order valence-electron chi connectivity index (χ0n) is 12.0. The second kappa shape index (κ2) is 6.97. The summed E-state index contributed by atoms with van der Waals surface area (Å²) in [5.41, 5.74) is 2.75. The molecule has 0 aliphatic rings. The lowest BCUT2D eigenvalue weighted by atomic mass is 10.2. The number of aromatic nitrogens is 3. The highest BCUT2D eigenvalue weighted by Gasteiger charge is 2.06. The summed E-state index contributed by atoms with van der Waals surface area (Å²) >= 11 is 1.44. The van der Waals surface area contributed by atoms with E-state index in [0.717, 1.165) is 16.8 Å². The molecule has 0 N–H and O–H groups in total. The van der Waals surface area contributed by atoms with Crippen molar-refractivity contribution >= 4 is 17.4 Å². The van der Waals surface area contributed by atoms with E-state index in [0.29, 0.717) is 10.9 Å². The van der Waals surface area contributed by atoms with Gasteiger partial charge >= 0.3 is 0 Å². The molecule has 0 aliphatic carbocycles. The van der Waals surface area contributed by atoms with Crippen molar-refractivity contribution in [2.45, 2.75) is 10.9 Å². The van der Waals surface area contributed by atoms with Crippen molar-refractivity contribution in [1.29, 1.82) is 0 Å². The summed E-state index contributed by atoms with van der Waals surface area (Å²) < 4.78 is 0. The molecular weight excluding hydrogens is 312 g/mol. The number of non-ortho nitro benzene ring substituents is 1. The van der Waals surface area contributed by atoms with Crippen LogP contribution in [0.25, 0.3) is 11.3 Å². The molecule has 0 bridgehead atoms. The Morgan fingerprint density at radius 3 is 2.35 bits per heavy atom. The zero-order valence-corrected chi connectivity index (χ0v) is 12.8. The third-order valence-corrected chi connectivity index (χ3v) is 4.05. The van der Waals surface area contributed by atoms with Crippen LogP contribution in [0.5, 0.6) is 0 Å². The van der Waals surface area contributed by atoms with Gasteiger partial charge in [0.1, 0.15) is 5.69 Å². The SMILES string of the molecule is O=[N+]([O-])c1ccc(CSc2ncc(-c3ccccc3)nn2)cc1. The number of rotatable bonds is 5. The lowest BCUT2D eigenvalue weighted by Crippen LogP contribution is -1.94. The Hall–Kier alpha value is -2.80. The van der Waals surface area contributed by atoms with Crippen LogP contribution in [0.2, 0.25) is 0 Å². The van der Waals surface area contributed by atoms with Gasteiger partial charge in [-0.05, 0) is 5.56 Å². The van der Waals surface area contributed by atoms with Crippen LogP contribution in [0.3, 0.4) is 0 Å². The molecular formula is C16H12N4O2S. The monoisotopic (exact) mass is 324 g/mol. The van der Waals surface area contributed by atoms with Crippen molar-refractivity contribution in [2.24, 2.45) is 0 Å². The van der Waals surface area contributed by atoms with Crippen LogP contribution in [0.4, 0.5) is 5.69 Å². The van der Waals surface area contributed by atoms with Crippen molar-refractivity contribution in [1.82, 2.24) is 15.2 Å². The van der Waals surface area contributed by atoms with Crippen LogP contribution in [0.15, 0.2) is 66.0 Å². The largest absolute Gasteiger partial charge is 0.269 e. The lowest BCUT2D eigenvalue weighted by molar-refractivity contribution is -0.384. The van der Waals surface area contributed by atoms with Crippen molar-refractivity contribution < 1.29 is 4.92 Å². The fourth-order valence-corrected chi connectivity index (χ4v) is 2.65. The summed E-state index contributed by atoms with van der Waals surface area (Å²) in [5.74, 6) is 0.629. The van der Waals surface area contributed by atoms with Gasteiger partial charge in [-0.2, -0.15) is 0 Å². The van der Waals surface area contributed by atoms with Gasteiger partial charge in [0.05, 0.1) is 11.1 Å². The summed E-state index contributed by atoms with van der Waals surface area (Å²) in [7, 11) is 0. The number of thioether (sulfide) groups is 1. The van der Waals surface area contributed by atoms with Crippen molar-refractivity contribution in [3.05, 3.63) is 76.5 Å². The first-order valence-electron chi connectivity index (χ1n) is 6.83. The molecule has 0 saturated carbocycles. The van der Waals surface area contributed by atoms with E-state index >= 15 is 0 Å². The molecule has 0 aliphatic heterocycles. The first kappa shape index (κ1) is 15.1. The summed E-state index contributed by atoms with van der Waals surface area (Å²) in [5, 5.41) is 19.5. The number of hydrogen-bond acceptors (Lipinski definition) is 6. The number of hydrogen-bond donors (Lipinski definition) is 0. The van der Waals surface area contributed by atoms with Gasteiger partial charge in [-0.25, -0.2) is 4.98 Å². The van der Waals surface area contributed by atoms with E-state index in [1.807, 2.05) is 30.3 Å². The first-order chi connectivity index (χ1) is 11.2. The van der Waals surface area contributed by atoms with Crippen LogP contribution in [-0.4, -0.2) is 20.1 Å². The minimum atomic E-state index is -0.410. The molecule has 3 aromatic rings. The lowest BCUT2D eigenvalue weighted by Gasteiger charge is -2.02. The molecule has 0 radical (unpaired) electrons. The van der Waals surface area contributed by atoms with Crippen molar-refractivity contribution in [2.75, 3.05) is 0 Å². The van der Waals surface area contributed by atoms with Gasteiger partial charge in [-0.15, -0.1) is 10.2 Å². The molecule has 0 saturated heterocycles. The van der Waals surface area contributed by atoms with E-state index in [4.69, 9.17) is 0 Å². The maximum atomic E-state index is 10.6. The normalized spacial score (nSPS) is 10.4. The average molecular weight is 324 g/mol. The minimum Gasteiger partial charge on any atom is -0.258 e. The number of nitrogens with zero attached hydrogens (tertiary/aromatic N) is 4.